The SMILES string of the molecule is CC(=O)Nc1cccc(C(=O)OCc2nc3ccsc3c(=O)[nH]2)c1. The van der Waals surface area contributed by atoms with Crippen molar-refractivity contribution < 1.29 is 14.3 Å². The number of nitrogens with zero attached hydrogens (tertiary/aromatic N) is 1. The first-order valence-corrected chi connectivity index (χ1v) is 7.92. The second-order valence-electron chi connectivity index (χ2n) is 4.99. The minimum Gasteiger partial charge on any atom is -0.454 e. The summed E-state index contributed by atoms with van der Waals surface area (Å²) < 4.78 is 5.71. The molecule has 0 fully saturated rings. The Morgan fingerprint density at radius 3 is 2.96 bits per heavy atom. The molecule has 24 heavy (non-hydrogen) atoms. The van der Waals surface area contributed by atoms with E-state index in [0.29, 0.717) is 21.5 Å². The van der Waals surface area contributed by atoms with Gasteiger partial charge in [-0.1, -0.05) is 6.07 Å². The fourth-order valence-electron chi connectivity index (χ4n) is 2.13. The van der Waals surface area contributed by atoms with Crippen LogP contribution in [0.1, 0.15) is 23.1 Å². The van der Waals surface area contributed by atoms with Gasteiger partial charge in [0, 0.05) is 12.6 Å². The molecule has 2 aromatic heterocycles. The second kappa shape index (κ2) is 6.63. The summed E-state index contributed by atoms with van der Waals surface area (Å²) in [6.45, 7) is 1.23. The van der Waals surface area contributed by atoms with Gasteiger partial charge in [0.05, 0.1) is 11.1 Å². The van der Waals surface area contributed by atoms with Gasteiger partial charge in [-0.15, -0.1) is 11.3 Å². The Kier molecular flexibility index (Phi) is 4.39. The van der Waals surface area contributed by atoms with Crippen molar-refractivity contribution in [1.82, 2.24) is 9.97 Å². The zero-order chi connectivity index (χ0) is 17.1. The Morgan fingerprint density at radius 1 is 1.33 bits per heavy atom. The molecule has 7 nitrogen and oxygen atoms in total. The van der Waals surface area contributed by atoms with Crippen LogP contribution in [0.2, 0.25) is 0 Å². The molecule has 3 aromatic rings. The number of carbonyl (C=O) groups is 2. The molecule has 2 heterocycles. The zero-order valence-electron chi connectivity index (χ0n) is 12.7. The third-order valence-corrected chi connectivity index (χ3v) is 4.02. The van der Waals surface area contributed by atoms with Crippen LogP contribution in [-0.4, -0.2) is 21.8 Å². The number of rotatable bonds is 4. The van der Waals surface area contributed by atoms with Crippen molar-refractivity contribution in [2.75, 3.05) is 5.32 Å². The average molecular weight is 343 g/mol. The molecule has 0 unspecified atom stereocenters. The smallest absolute Gasteiger partial charge is 0.338 e. The highest BCUT2D eigenvalue weighted by Crippen LogP contribution is 2.15. The van der Waals surface area contributed by atoms with Gasteiger partial charge in [0.1, 0.15) is 17.1 Å². The van der Waals surface area contributed by atoms with Crippen molar-refractivity contribution >= 4 is 39.1 Å². The van der Waals surface area contributed by atoms with Gasteiger partial charge in [-0.25, -0.2) is 9.78 Å². The fraction of sp³-hybridized carbons (Fsp3) is 0.125. The van der Waals surface area contributed by atoms with Crippen molar-refractivity contribution in [2.24, 2.45) is 0 Å². The van der Waals surface area contributed by atoms with E-state index in [4.69, 9.17) is 4.74 Å². The van der Waals surface area contributed by atoms with Crippen LogP contribution in [-0.2, 0) is 16.1 Å². The molecule has 3 rings (SSSR count). The lowest BCUT2D eigenvalue weighted by Crippen LogP contribution is -2.14. The fourth-order valence-corrected chi connectivity index (χ4v) is 2.86. The second-order valence-corrected chi connectivity index (χ2v) is 5.90. The van der Waals surface area contributed by atoms with Crippen LogP contribution >= 0.6 is 11.3 Å². The van der Waals surface area contributed by atoms with Gasteiger partial charge < -0.3 is 15.0 Å². The highest BCUT2D eigenvalue weighted by molar-refractivity contribution is 7.17. The third kappa shape index (κ3) is 3.49. The minimum absolute atomic E-state index is 0.149. The number of hydrogen-bond donors (Lipinski definition) is 2. The van der Waals surface area contributed by atoms with Crippen LogP contribution in [0.3, 0.4) is 0 Å². The number of aromatic amines is 1. The number of amides is 1. The number of thiophene rings is 1. The van der Waals surface area contributed by atoms with E-state index < -0.39 is 5.97 Å². The summed E-state index contributed by atoms with van der Waals surface area (Å²) >= 11 is 1.30. The summed E-state index contributed by atoms with van der Waals surface area (Å²) in [7, 11) is 0. The van der Waals surface area contributed by atoms with E-state index in [9.17, 15) is 14.4 Å². The molecule has 0 atom stereocenters. The van der Waals surface area contributed by atoms with Crippen LogP contribution in [0.5, 0.6) is 0 Å². The molecule has 122 valence electrons. The van der Waals surface area contributed by atoms with Gasteiger partial charge in [0.25, 0.3) is 5.56 Å². The predicted molar refractivity (Wildman–Crippen MR) is 90.1 cm³/mol. The zero-order valence-corrected chi connectivity index (χ0v) is 13.5. The van der Waals surface area contributed by atoms with Crippen LogP contribution < -0.4 is 10.9 Å². The third-order valence-electron chi connectivity index (χ3n) is 3.12. The van der Waals surface area contributed by atoms with Crippen LogP contribution in [0.4, 0.5) is 5.69 Å². The van der Waals surface area contributed by atoms with E-state index in [1.54, 1.807) is 29.6 Å². The van der Waals surface area contributed by atoms with Gasteiger partial charge in [0.15, 0.2) is 0 Å². The molecular formula is C16H13N3O4S. The molecule has 0 spiro atoms. The maximum atomic E-state index is 12.1. The molecule has 0 radical (unpaired) electrons. The van der Waals surface area contributed by atoms with Gasteiger partial charge >= 0.3 is 5.97 Å². The Hall–Kier alpha value is -3.00. The maximum absolute atomic E-state index is 12.1. The van der Waals surface area contributed by atoms with Crippen LogP contribution in [0, 0.1) is 0 Å². The lowest BCUT2D eigenvalue weighted by molar-refractivity contribution is -0.114. The lowest BCUT2D eigenvalue weighted by Gasteiger charge is -2.07. The number of aromatic nitrogens is 2. The van der Waals surface area contributed by atoms with E-state index in [1.807, 2.05) is 0 Å². The number of ether oxygens (including phenoxy) is 1. The Balaban J connectivity index is 1.72. The summed E-state index contributed by atoms with van der Waals surface area (Å²) in [5.41, 5.74) is 1.11. The van der Waals surface area contributed by atoms with Crippen molar-refractivity contribution in [1.29, 1.82) is 0 Å². The molecule has 0 saturated carbocycles. The molecular weight excluding hydrogens is 330 g/mol. The number of hydrogen-bond acceptors (Lipinski definition) is 6. The summed E-state index contributed by atoms with van der Waals surface area (Å²) in [5.74, 6) is -0.529. The van der Waals surface area contributed by atoms with Gasteiger partial charge in [-0.3, -0.25) is 9.59 Å². The van der Waals surface area contributed by atoms with E-state index >= 15 is 0 Å². The van der Waals surface area contributed by atoms with E-state index in [-0.39, 0.29) is 23.9 Å². The number of fused-ring (bicyclic) bond motifs is 1. The molecule has 2 N–H and O–H groups in total. The first-order valence-electron chi connectivity index (χ1n) is 7.04. The van der Waals surface area contributed by atoms with Gasteiger partial charge in [-0.05, 0) is 29.6 Å². The summed E-state index contributed by atoms with van der Waals surface area (Å²) in [6.07, 6.45) is 0. The molecule has 8 heteroatoms. The van der Waals surface area contributed by atoms with E-state index in [1.165, 1.54) is 24.3 Å². The molecule has 1 aromatic carbocycles. The lowest BCUT2D eigenvalue weighted by atomic mass is 10.2. The Labute approximate surface area is 140 Å². The maximum Gasteiger partial charge on any atom is 0.338 e. The van der Waals surface area contributed by atoms with Crippen LogP contribution in [0.15, 0.2) is 40.5 Å². The number of benzene rings is 1. The standard InChI is InChI=1S/C16H13N3O4S/c1-9(20)17-11-4-2-3-10(7-11)16(22)23-8-13-18-12-5-6-24-14(12)15(21)19-13/h2-7H,8H2,1H3,(H,17,20)(H,18,19,21). The van der Waals surface area contributed by atoms with Gasteiger partial charge in [0.2, 0.25) is 5.91 Å². The number of nitrogens with one attached hydrogen (secondary N) is 2. The first-order chi connectivity index (χ1) is 11.5. The van der Waals surface area contributed by atoms with Gasteiger partial charge in [-0.2, -0.15) is 0 Å². The summed E-state index contributed by atoms with van der Waals surface area (Å²) in [5, 5.41) is 4.37. The number of esters is 1. The number of carbonyl (C=O) groups excluding carboxylic acids is 2. The van der Waals surface area contributed by atoms with Crippen molar-refractivity contribution in [3.63, 3.8) is 0 Å². The quantitative estimate of drug-likeness (QED) is 0.708. The molecule has 0 aliphatic carbocycles. The van der Waals surface area contributed by atoms with E-state index in [0.717, 1.165) is 0 Å². The normalized spacial score (nSPS) is 10.5. The largest absolute Gasteiger partial charge is 0.454 e. The summed E-state index contributed by atoms with van der Waals surface area (Å²) in [6, 6.07) is 8.13. The topological polar surface area (TPSA) is 101 Å². The Morgan fingerprint density at radius 2 is 2.17 bits per heavy atom. The average Bonchev–Trinajstić information content (AvgIpc) is 3.01. The minimum atomic E-state index is -0.574. The summed E-state index contributed by atoms with van der Waals surface area (Å²) in [4.78, 5) is 41.8. The predicted octanol–water partition coefficient (Wildman–Crippen LogP) is 2.30. The molecule has 1 amide bonds. The molecule has 0 aliphatic heterocycles. The van der Waals surface area contributed by atoms with Crippen molar-refractivity contribution in [3.8, 4) is 0 Å². The van der Waals surface area contributed by atoms with Crippen LogP contribution in [0.25, 0.3) is 10.2 Å². The van der Waals surface area contributed by atoms with Crippen molar-refractivity contribution in [2.45, 2.75) is 13.5 Å². The Bertz CT molecular complexity index is 977. The number of H-pyrrole nitrogens is 1. The molecule has 0 aliphatic rings. The van der Waals surface area contributed by atoms with Crippen molar-refractivity contribution in [3.05, 3.63) is 57.5 Å². The van der Waals surface area contributed by atoms with E-state index in [2.05, 4.69) is 15.3 Å². The first kappa shape index (κ1) is 15.9. The molecule has 0 saturated heterocycles. The number of anilines is 1. The highest BCUT2D eigenvalue weighted by atomic mass is 32.1. The highest BCUT2D eigenvalue weighted by Gasteiger charge is 2.11. The monoisotopic (exact) mass is 343 g/mol. The molecule has 0 bridgehead atoms.